The molecule has 0 bridgehead atoms. The van der Waals surface area contributed by atoms with E-state index in [0.717, 1.165) is 69.1 Å². The van der Waals surface area contributed by atoms with Crippen LogP contribution in [-0.2, 0) is 0 Å². The molecule has 0 atom stereocenters. The maximum atomic E-state index is 6.01. The highest BCUT2D eigenvalue weighted by atomic mass is 32.1. The standard InChI is InChI=1S/C28H26N8OS/c1-17-4-7-24(38-17)20-15-30-16-23-25(20)33-28(32-23)27-26-22(34-35-27)6-5-21(31-26)18-12-19(14-29-13-18)37-11-10-36-8-2-3-9-36/h4-7,12-16H,2-3,8-11H2,1H3,(H,32,33)(H,34,35). The van der Waals surface area contributed by atoms with Gasteiger partial charge in [-0.05, 0) is 63.2 Å². The summed E-state index contributed by atoms with van der Waals surface area (Å²) in [5.41, 5.74) is 6.66. The largest absolute Gasteiger partial charge is 0.491 e. The third-order valence-corrected chi connectivity index (χ3v) is 7.95. The highest BCUT2D eigenvalue weighted by Crippen LogP contribution is 2.34. The van der Waals surface area contributed by atoms with Gasteiger partial charge in [0.25, 0.3) is 0 Å². The molecule has 190 valence electrons. The van der Waals surface area contributed by atoms with E-state index in [-0.39, 0.29) is 0 Å². The van der Waals surface area contributed by atoms with Gasteiger partial charge in [0.2, 0.25) is 0 Å². The number of rotatable bonds is 7. The molecule has 7 heterocycles. The van der Waals surface area contributed by atoms with E-state index in [9.17, 15) is 0 Å². The molecule has 38 heavy (non-hydrogen) atoms. The zero-order chi connectivity index (χ0) is 25.5. The number of likely N-dealkylation sites (tertiary alicyclic amines) is 1. The van der Waals surface area contributed by atoms with E-state index in [0.29, 0.717) is 18.1 Å². The molecule has 1 saturated heterocycles. The van der Waals surface area contributed by atoms with Crippen molar-refractivity contribution >= 4 is 33.4 Å². The highest BCUT2D eigenvalue weighted by molar-refractivity contribution is 7.15. The Labute approximate surface area is 223 Å². The minimum Gasteiger partial charge on any atom is -0.491 e. The Bertz CT molecular complexity index is 1750. The van der Waals surface area contributed by atoms with E-state index in [1.807, 2.05) is 30.6 Å². The van der Waals surface area contributed by atoms with Crippen molar-refractivity contribution in [2.24, 2.45) is 0 Å². The van der Waals surface area contributed by atoms with Gasteiger partial charge in [0, 0.05) is 39.8 Å². The van der Waals surface area contributed by atoms with E-state index in [1.54, 1.807) is 23.7 Å². The second-order valence-corrected chi connectivity index (χ2v) is 10.8. The molecule has 10 heteroatoms. The zero-order valence-corrected chi connectivity index (χ0v) is 21.8. The summed E-state index contributed by atoms with van der Waals surface area (Å²) in [4.78, 5) is 26.9. The fraction of sp³-hybridized carbons (Fsp3) is 0.250. The van der Waals surface area contributed by atoms with E-state index >= 15 is 0 Å². The second-order valence-electron chi connectivity index (χ2n) is 9.55. The highest BCUT2D eigenvalue weighted by Gasteiger charge is 2.18. The van der Waals surface area contributed by atoms with E-state index in [2.05, 4.69) is 49.1 Å². The summed E-state index contributed by atoms with van der Waals surface area (Å²) in [6, 6.07) is 10.2. The van der Waals surface area contributed by atoms with Crippen molar-refractivity contribution in [3.8, 4) is 39.0 Å². The molecule has 0 unspecified atom stereocenters. The molecule has 6 aromatic heterocycles. The first-order valence-corrected chi connectivity index (χ1v) is 13.6. The van der Waals surface area contributed by atoms with Crippen LogP contribution in [0.1, 0.15) is 17.7 Å². The van der Waals surface area contributed by atoms with Gasteiger partial charge in [-0.15, -0.1) is 11.3 Å². The minimum absolute atomic E-state index is 0.649. The Kier molecular flexibility index (Phi) is 5.82. The fourth-order valence-electron chi connectivity index (χ4n) is 4.97. The Morgan fingerprint density at radius 1 is 0.947 bits per heavy atom. The number of fused-ring (bicyclic) bond motifs is 2. The van der Waals surface area contributed by atoms with Gasteiger partial charge in [0.05, 0.1) is 29.1 Å². The minimum atomic E-state index is 0.649. The number of ether oxygens (including phenoxy) is 1. The number of nitrogens with zero attached hydrogens (tertiary/aromatic N) is 6. The molecule has 7 rings (SSSR count). The van der Waals surface area contributed by atoms with Crippen molar-refractivity contribution in [1.29, 1.82) is 0 Å². The summed E-state index contributed by atoms with van der Waals surface area (Å²) in [6.07, 6.45) is 9.78. The molecule has 0 amide bonds. The van der Waals surface area contributed by atoms with Crippen molar-refractivity contribution in [2.75, 3.05) is 26.2 Å². The molecule has 0 saturated carbocycles. The Morgan fingerprint density at radius 3 is 2.71 bits per heavy atom. The molecule has 0 aromatic carbocycles. The number of thiophene rings is 1. The van der Waals surface area contributed by atoms with Crippen molar-refractivity contribution in [2.45, 2.75) is 19.8 Å². The van der Waals surface area contributed by atoms with Crippen LogP contribution in [0.3, 0.4) is 0 Å². The molecular formula is C28H26N8OS. The van der Waals surface area contributed by atoms with Gasteiger partial charge in [0.15, 0.2) is 11.5 Å². The number of hydrogen-bond donors (Lipinski definition) is 2. The van der Waals surface area contributed by atoms with Crippen LogP contribution in [0, 0.1) is 6.92 Å². The number of aromatic nitrogens is 7. The van der Waals surface area contributed by atoms with Gasteiger partial charge in [-0.1, -0.05) is 0 Å². The first kappa shape index (κ1) is 23.0. The molecule has 9 nitrogen and oxygen atoms in total. The molecule has 0 spiro atoms. The summed E-state index contributed by atoms with van der Waals surface area (Å²) in [5, 5.41) is 7.65. The van der Waals surface area contributed by atoms with Gasteiger partial charge in [-0.2, -0.15) is 5.10 Å². The maximum absolute atomic E-state index is 6.01. The van der Waals surface area contributed by atoms with E-state index in [1.165, 1.54) is 17.7 Å². The number of H-pyrrole nitrogens is 2. The topological polar surface area (TPSA) is 108 Å². The second kappa shape index (κ2) is 9.62. The van der Waals surface area contributed by atoms with Gasteiger partial charge in [0.1, 0.15) is 23.4 Å². The smallest absolute Gasteiger partial charge is 0.161 e. The van der Waals surface area contributed by atoms with Crippen LogP contribution in [0.5, 0.6) is 5.75 Å². The maximum Gasteiger partial charge on any atom is 0.161 e. The number of imidazole rings is 1. The first-order chi connectivity index (χ1) is 18.7. The van der Waals surface area contributed by atoms with Crippen molar-refractivity contribution < 1.29 is 4.74 Å². The molecule has 1 aliphatic heterocycles. The normalized spacial score (nSPS) is 14.1. The van der Waals surface area contributed by atoms with Gasteiger partial charge >= 0.3 is 0 Å². The third-order valence-electron chi connectivity index (χ3n) is 6.92. The number of nitrogens with one attached hydrogen (secondary N) is 2. The average molecular weight is 523 g/mol. The Morgan fingerprint density at radius 2 is 1.84 bits per heavy atom. The Hall–Kier alpha value is -4.15. The summed E-state index contributed by atoms with van der Waals surface area (Å²) in [5.74, 6) is 1.40. The van der Waals surface area contributed by atoms with Gasteiger partial charge in [-0.3, -0.25) is 20.0 Å². The quantitative estimate of drug-likeness (QED) is 0.286. The number of aryl methyl sites for hydroxylation is 1. The summed E-state index contributed by atoms with van der Waals surface area (Å²) >= 11 is 1.73. The summed E-state index contributed by atoms with van der Waals surface area (Å²) in [7, 11) is 0. The Balaban J connectivity index is 1.20. The van der Waals surface area contributed by atoms with Gasteiger partial charge < -0.3 is 9.72 Å². The zero-order valence-electron chi connectivity index (χ0n) is 20.9. The van der Waals surface area contributed by atoms with Crippen LogP contribution in [0.15, 0.2) is 55.1 Å². The molecule has 0 aliphatic carbocycles. The lowest BCUT2D eigenvalue weighted by atomic mass is 10.1. The van der Waals surface area contributed by atoms with Crippen molar-refractivity contribution in [3.63, 3.8) is 0 Å². The summed E-state index contributed by atoms with van der Waals surface area (Å²) in [6.45, 7) is 6.01. The van der Waals surface area contributed by atoms with E-state index in [4.69, 9.17) is 14.7 Å². The lowest BCUT2D eigenvalue weighted by Crippen LogP contribution is -2.25. The average Bonchev–Trinajstić information content (AvgIpc) is 3.74. The monoisotopic (exact) mass is 522 g/mol. The molecule has 0 radical (unpaired) electrons. The molecule has 1 aliphatic rings. The van der Waals surface area contributed by atoms with Crippen LogP contribution in [-0.4, -0.2) is 66.3 Å². The van der Waals surface area contributed by atoms with Crippen LogP contribution in [0.2, 0.25) is 0 Å². The van der Waals surface area contributed by atoms with Crippen LogP contribution >= 0.6 is 11.3 Å². The van der Waals surface area contributed by atoms with Gasteiger partial charge in [-0.25, -0.2) is 9.97 Å². The molecular weight excluding hydrogens is 496 g/mol. The first-order valence-electron chi connectivity index (χ1n) is 12.8. The SMILES string of the molecule is Cc1ccc(-c2cncc3[nH]c(-c4n[nH]c5ccc(-c6cncc(OCCN7CCCC7)c6)nc45)nc23)s1. The van der Waals surface area contributed by atoms with Crippen LogP contribution < -0.4 is 4.74 Å². The van der Waals surface area contributed by atoms with Crippen molar-refractivity contribution in [1.82, 2.24) is 40.0 Å². The number of hydrogen-bond acceptors (Lipinski definition) is 8. The van der Waals surface area contributed by atoms with E-state index < -0.39 is 0 Å². The number of pyridine rings is 3. The number of aromatic amines is 2. The van der Waals surface area contributed by atoms with Crippen LogP contribution in [0.25, 0.3) is 55.3 Å². The molecule has 1 fully saturated rings. The summed E-state index contributed by atoms with van der Waals surface area (Å²) < 4.78 is 6.01. The van der Waals surface area contributed by atoms with Crippen molar-refractivity contribution in [3.05, 3.63) is 60.0 Å². The fourth-order valence-corrected chi connectivity index (χ4v) is 5.84. The molecule has 2 N–H and O–H groups in total. The predicted octanol–water partition coefficient (Wildman–Crippen LogP) is 5.47. The predicted molar refractivity (Wildman–Crippen MR) is 149 cm³/mol. The third kappa shape index (κ3) is 4.31. The lowest BCUT2D eigenvalue weighted by molar-refractivity contribution is 0.237. The lowest BCUT2D eigenvalue weighted by Gasteiger charge is -2.15. The van der Waals surface area contributed by atoms with Crippen LogP contribution in [0.4, 0.5) is 0 Å². The molecule has 6 aromatic rings.